The smallest absolute Gasteiger partial charge is 0.220 e. The molecule has 1 amide bonds. The molecule has 1 saturated heterocycles. The van der Waals surface area contributed by atoms with Gasteiger partial charge < -0.3 is 4.90 Å². The van der Waals surface area contributed by atoms with Gasteiger partial charge in [-0.15, -0.1) is 0 Å². The molecular formula is C16H16ClN3O. The largest absolute Gasteiger partial charge is 0.334 e. The van der Waals surface area contributed by atoms with E-state index in [9.17, 15) is 4.79 Å². The molecule has 1 aromatic heterocycles. The number of halogens is 1. The molecule has 0 saturated carbocycles. The van der Waals surface area contributed by atoms with Gasteiger partial charge in [-0.1, -0.05) is 11.6 Å². The Bertz CT molecular complexity index is 657. The Balaban J connectivity index is 1.93. The minimum absolute atomic E-state index is 0.0663. The van der Waals surface area contributed by atoms with E-state index in [1.807, 2.05) is 35.2 Å². The predicted molar refractivity (Wildman–Crippen MR) is 81.8 cm³/mol. The summed E-state index contributed by atoms with van der Waals surface area (Å²) in [6.07, 6.45) is 3.73. The molecule has 2 aromatic rings. The summed E-state index contributed by atoms with van der Waals surface area (Å²) in [5.41, 5.74) is 1.83. The van der Waals surface area contributed by atoms with E-state index in [4.69, 9.17) is 11.6 Å². The first-order valence-electron chi connectivity index (χ1n) is 7.01. The van der Waals surface area contributed by atoms with E-state index in [1.54, 1.807) is 13.1 Å². The molecule has 1 fully saturated rings. The summed E-state index contributed by atoms with van der Waals surface area (Å²) in [5, 5.41) is 0.688. The fourth-order valence-corrected chi connectivity index (χ4v) is 2.87. The van der Waals surface area contributed by atoms with E-state index >= 15 is 0 Å². The van der Waals surface area contributed by atoms with Crippen molar-refractivity contribution in [3.8, 4) is 11.4 Å². The van der Waals surface area contributed by atoms with Crippen LogP contribution >= 0.6 is 11.6 Å². The second-order valence-electron chi connectivity index (χ2n) is 5.18. The lowest BCUT2D eigenvalue weighted by Crippen LogP contribution is -2.28. The highest BCUT2D eigenvalue weighted by Gasteiger charge is 2.29. The molecule has 1 aromatic carbocycles. The van der Waals surface area contributed by atoms with E-state index in [-0.39, 0.29) is 11.9 Å². The van der Waals surface area contributed by atoms with Gasteiger partial charge in [0.25, 0.3) is 0 Å². The van der Waals surface area contributed by atoms with Crippen molar-refractivity contribution < 1.29 is 4.79 Å². The summed E-state index contributed by atoms with van der Waals surface area (Å²) in [6, 6.07) is 9.41. The normalized spacial score (nSPS) is 18.0. The highest BCUT2D eigenvalue weighted by molar-refractivity contribution is 6.30. The summed E-state index contributed by atoms with van der Waals surface area (Å²) in [6.45, 7) is 2.42. The van der Waals surface area contributed by atoms with Gasteiger partial charge in [-0.25, -0.2) is 9.97 Å². The third-order valence-electron chi connectivity index (χ3n) is 3.78. The first kappa shape index (κ1) is 14.0. The van der Waals surface area contributed by atoms with Crippen LogP contribution < -0.4 is 0 Å². The number of carbonyl (C=O) groups excluding carboxylic acids is 1. The molecule has 2 heterocycles. The molecule has 21 heavy (non-hydrogen) atoms. The number of aromatic nitrogens is 2. The number of likely N-dealkylation sites (tertiary alicyclic amines) is 1. The summed E-state index contributed by atoms with van der Waals surface area (Å²) in [7, 11) is 0. The summed E-state index contributed by atoms with van der Waals surface area (Å²) < 4.78 is 0. The Kier molecular flexibility index (Phi) is 3.88. The predicted octanol–water partition coefficient (Wildman–Crippen LogP) is 3.48. The number of hydrogen-bond acceptors (Lipinski definition) is 3. The van der Waals surface area contributed by atoms with Crippen molar-refractivity contribution in [2.45, 2.75) is 25.8 Å². The number of rotatable bonds is 2. The zero-order chi connectivity index (χ0) is 14.8. The summed E-state index contributed by atoms with van der Waals surface area (Å²) in [5.74, 6) is 0.767. The third-order valence-corrected chi connectivity index (χ3v) is 4.03. The van der Waals surface area contributed by atoms with Crippen LogP contribution in [-0.2, 0) is 4.79 Å². The summed E-state index contributed by atoms with van der Waals surface area (Å²) in [4.78, 5) is 22.5. The first-order chi connectivity index (χ1) is 10.1. The quantitative estimate of drug-likeness (QED) is 0.853. The lowest BCUT2D eigenvalue weighted by molar-refractivity contribution is -0.129. The maximum absolute atomic E-state index is 11.7. The summed E-state index contributed by atoms with van der Waals surface area (Å²) >= 11 is 5.90. The maximum atomic E-state index is 11.7. The van der Waals surface area contributed by atoms with Gasteiger partial charge in [0, 0.05) is 30.3 Å². The van der Waals surface area contributed by atoms with Crippen molar-refractivity contribution in [1.29, 1.82) is 0 Å². The SMILES string of the molecule is CC(=O)N1CCC[C@H]1c1ccnc(-c2ccc(Cl)cc2)n1. The zero-order valence-electron chi connectivity index (χ0n) is 11.8. The second kappa shape index (κ2) is 5.82. The van der Waals surface area contributed by atoms with Crippen molar-refractivity contribution in [2.24, 2.45) is 0 Å². The van der Waals surface area contributed by atoms with Gasteiger partial charge in [0.05, 0.1) is 11.7 Å². The molecule has 108 valence electrons. The van der Waals surface area contributed by atoms with Crippen LogP contribution in [0, 0.1) is 0 Å². The zero-order valence-corrected chi connectivity index (χ0v) is 12.5. The van der Waals surface area contributed by atoms with Crippen LogP contribution in [0.2, 0.25) is 5.02 Å². The maximum Gasteiger partial charge on any atom is 0.220 e. The van der Waals surface area contributed by atoms with Gasteiger partial charge in [0.2, 0.25) is 5.91 Å². The van der Waals surface area contributed by atoms with E-state index in [0.717, 1.165) is 30.6 Å². The van der Waals surface area contributed by atoms with Crippen molar-refractivity contribution in [3.05, 3.63) is 47.2 Å². The molecule has 0 radical (unpaired) electrons. The Morgan fingerprint density at radius 3 is 2.76 bits per heavy atom. The van der Waals surface area contributed by atoms with E-state index in [2.05, 4.69) is 9.97 Å². The highest BCUT2D eigenvalue weighted by Crippen LogP contribution is 2.31. The fraction of sp³-hybridized carbons (Fsp3) is 0.312. The van der Waals surface area contributed by atoms with Crippen LogP contribution in [0.4, 0.5) is 0 Å². The van der Waals surface area contributed by atoms with E-state index in [1.165, 1.54) is 0 Å². The van der Waals surface area contributed by atoms with Crippen LogP contribution in [0.25, 0.3) is 11.4 Å². The first-order valence-corrected chi connectivity index (χ1v) is 7.39. The van der Waals surface area contributed by atoms with Gasteiger partial charge in [-0.2, -0.15) is 0 Å². The van der Waals surface area contributed by atoms with Gasteiger partial charge in [0.15, 0.2) is 5.82 Å². The van der Waals surface area contributed by atoms with Crippen molar-refractivity contribution in [3.63, 3.8) is 0 Å². The number of amides is 1. The number of hydrogen-bond donors (Lipinski definition) is 0. The molecule has 0 spiro atoms. The minimum atomic E-state index is 0.0663. The number of nitrogens with zero attached hydrogens (tertiary/aromatic N) is 3. The minimum Gasteiger partial charge on any atom is -0.334 e. The molecule has 0 N–H and O–H groups in total. The van der Waals surface area contributed by atoms with Gasteiger partial charge in [0.1, 0.15) is 0 Å². The Morgan fingerprint density at radius 1 is 1.29 bits per heavy atom. The lowest BCUT2D eigenvalue weighted by atomic mass is 10.1. The Hall–Kier alpha value is -1.94. The molecule has 1 atom stereocenters. The van der Waals surface area contributed by atoms with Crippen LogP contribution in [0.15, 0.2) is 36.5 Å². The van der Waals surface area contributed by atoms with Gasteiger partial charge in [-0.05, 0) is 43.2 Å². The molecule has 0 unspecified atom stereocenters. The fourth-order valence-electron chi connectivity index (χ4n) is 2.75. The van der Waals surface area contributed by atoms with Crippen LogP contribution in [0.1, 0.15) is 31.5 Å². The van der Waals surface area contributed by atoms with Crippen LogP contribution in [-0.4, -0.2) is 27.3 Å². The topological polar surface area (TPSA) is 46.1 Å². The standard InChI is InChI=1S/C16H16ClN3O/c1-11(21)20-10-2-3-15(20)14-8-9-18-16(19-14)12-4-6-13(17)7-5-12/h4-9,15H,2-3,10H2,1H3/t15-/m0/s1. The molecule has 5 heteroatoms. The van der Waals surface area contributed by atoms with E-state index < -0.39 is 0 Å². The average Bonchev–Trinajstić information content (AvgIpc) is 2.98. The molecule has 1 aliphatic heterocycles. The lowest BCUT2D eigenvalue weighted by Gasteiger charge is -2.22. The number of benzene rings is 1. The molecule has 1 aliphatic rings. The Labute approximate surface area is 128 Å². The van der Waals surface area contributed by atoms with Crippen molar-refractivity contribution in [1.82, 2.24) is 14.9 Å². The van der Waals surface area contributed by atoms with Crippen LogP contribution in [0.3, 0.4) is 0 Å². The highest BCUT2D eigenvalue weighted by atomic mass is 35.5. The molecular weight excluding hydrogens is 286 g/mol. The molecule has 3 rings (SSSR count). The van der Waals surface area contributed by atoms with Crippen LogP contribution in [0.5, 0.6) is 0 Å². The molecule has 4 nitrogen and oxygen atoms in total. The van der Waals surface area contributed by atoms with Crippen molar-refractivity contribution in [2.75, 3.05) is 6.54 Å². The molecule has 0 aliphatic carbocycles. The van der Waals surface area contributed by atoms with Gasteiger partial charge in [-0.3, -0.25) is 4.79 Å². The Morgan fingerprint density at radius 2 is 2.05 bits per heavy atom. The van der Waals surface area contributed by atoms with Crippen molar-refractivity contribution >= 4 is 17.5 Å². The second-order valence-corrected chi connectivity index (χ2v) is 5.62. The number of carbonyl (C=O) groups is 1. The third kappa shape index (κ3) is 2.90. The monoisotopic (exact) mass is 301 g/mol. The molecule has 0 bridgehead atoms. The average molecular weight is 302 g/mol. The van der Waals surface area contributed by atoms with Gasteiger partial charge >= 0.3 is 0 Å². The van der Waals surface area contributed by atoms with E-state index in [0.29, 0.717) is 10.8 Å².